The number of ether oxygens (including phenoxy) is 2. The van der Waals surface area contributed by atoms with Gasteiger partial charge in [-0.2, -0.15) is 12.6 Å². The van der Waals surface area contributed by atoms with Gasteiger partial charge in [0.05, 0.1) is 13.2 Å². The average Bonchev–Trinajstić information content (AvgIpc) is 1.99. The highest BCUT2D eigenvalue weighted by Gasteiger charge is 2.03. The first kappa shape index (κ1) is 10.2. The molecule has 0 heterocycles. The molecule has 0 aliphatic carbocycles. The predicted molar refractivity (Wildman–Crippen MR) is 42.3 cm³/mol. The Labute approximate surface area is 66.7 Å². The largest absolute Gasteiger partial charge is 0.395 e. The van der Waals surface area contributed by atoms with Crippen molar-refractivity contribution >= 4 is 12.6 Å². The van der Waals surface area contributed by atoms with Gasteiger partial charge >= 0.3 is 0 Å². The monoisotopic (exact) mass is 166 g/mol. The topological polar surface area (TPSA) is 38.7 Å². The van der Waals surface area contributed by atoms with Crippen molar-refractivity contribution in [2.24, 2.45) is 0 Å². The van der Waals surface area contributed by atoms with E-state index in [1.54, 1.807) is 14.0 Å². The van der Waals surface area contributed by atoms with E-state index in [2.05, 4.69) is 12.6 Å². The molecular weight excluding hydrogens is 152 g/mol. The second-order valence-corrected chi connectivity index (χ2v) is 2.70. The molecule has 0 aliphatic rings. The number of hydrogen-bond donors (Lipinski definition) is 2. The molecule has 0 aromatic heterocycles. The van der Waals surface area contributed by atoms with E-state index in [0.717, 1.165) is 0 Å². The van der Waals surface area contributed by atoms with Crippen molar-refractivity contribution in [1.29, 1.82) is 0 Å². The lowest BCUT2D eigenvalue weighted by Crippen LogP contribution is -2.19. The lowest BCUT2D eigenvalue weighted by atomic mass is 10.5. The SMILES string of the molecule is COC(C)OCC(S)CO. The van der Waals surface area contributed by atoms with Gasteiger partial charge < -0.3 is 14.6 Å². The summed E-state index contributed by atoms with van der Waals surface area (Å²) in [5.74, 6) is 0. The Kier molecular flexibility index (Phi) is 6.11. The zero-order valence-electron chi connectivity index (χ0n) is 6.28. The molecule has 0 aromatic carbocycles. The van der Waals surface area contributed by atoms with Crippen LogP contribution in [-0.4, -0.2) is 37.0 Å². The van der Waals surface area contributed by atoms with Gasteiger partial charge in [0, 0.05) is 12.4 Å². The fraction of sp³-hybridized carbons (Fsp3) is 1.00. The Morgan fingerprint density at radius 3 is 2.60 bits per heavy atom. The van der Waals surface area contributed by atoms with Gasteiger partial charge in [-0.15, -0.1) is 0 Å². The molecule has 2 unspecified atom stereocenters. The van der Waals surface area contributed by atoms with Gasteiger partial charge in [-0.1, -0.05) is 0 Å². The summed E-state index contributed by atoms with van der Waals surface area (Å²) in [5, 5.41) is 8.41. The molecule has 0 rings (SSSR count). The zero-order valence-corrected chi connectivity index (χ0v) is 7.17. The van der Waals surface area contributed by atoms with Gasteiger partial charge in [-0.3, -0.25) is 0 Å². The maximum atomic E-state index is 8.52. The van der Waals surface area contributed by atoms with E-state index in [1.807, 2.05) is 0 Å². The van der Waals surface area contributed by atoms with E-state index < -0.39 is 0 Å². The first-order valence-electron chi connectivity index (χ1n) is 3.14. The predicted octanol–water partition coefficient (Wildman–Crippen LogP) is 0.286. The summed E-state index contributed by atoms with van der Waals surface area (Å²) < 4.78 is 9.89. The van der Waals surface area contributed by atoms with Crippen LogP contribution in [0.5, 0.6) is 0 Å². The van der Waals surface area contributed by atoms with Crippen LogP contribution >= 0.6 is 12.6 Å². The van der Waals surface area contributed by atoms with Gasteiger partial charge in [0.15, 0.2) is 6.29 Å². The van der Waals surface area contributed by atoms with E-state index in [4.69, 9.17) is 14.6 Å². The number of rotatable bonds is 5. The summed E-state index contributed by atoms with van der Waals surface area (Å²) in [6.07, 6.45) is -0.221. The molecule has 2 atom stereocenters. The van der Waals surface area contributed by atoms with Gasteiger partial charge in [0.1, 0.15) is 0 Å². The van der Waals surface area contributed by atoms with Crippen LogP contribution in [0.25, 0.3) is 0 Å². The summed E-state index contributed by atoms with van der Waals surface area (Å²) in [4.78, 5) is 0. The standard InChI is InChI=1S/C6H14O3S/c1-5(8-2)9-4-6(10)3-7/h5-7,10H,3-4H2,1-2H3. The third-order valence-corrected chi connectivity index (χ3v) is 1.38. The van der Waals surface area contributed by atoms with Crippen LogP contribution in [0.1, 0.15) is 6.92 Å². The Hall–Kier alpha value is 0.230. The Morgan fingerprint density at radius 1 is 1.60 bits per heavy atom. The van der Waals surface area contributed by atoms with Crippen LogP contribution in [0.3, 0.4) is 0 Å². The third-order valence-electron chi connectivity index (χ3n) is 1.07. The highest BCUT2D eigenvalue weighted by atomic mass is 32.1. The fourth-order valence-electron chi connectivity index (χ4n) is 0.367. The molecule has 10 heavy (non-hydrogen) atoms. The van der Waals surface area contributed by atoms with Crippen molar-refractivity contribution in [2.75, 3.05) is 20.3 Å². The Balaban J connectivity index is 3.17. The van der Waals surface area contributed by atoms with Crippen LogP contribution < -0.4 is 0 Å². The maximum absolute atomic E-state index is 8.52. The molecule has 0 aromatic rings. The molecular formula is C6H14O3S. The number of thiol groups is 1. The molecule has 3 nitrogen and oxygen atoms in total. The second-order valence-electron chi connectivity index (χ2n) is 1.97. The number of aliphatic hydroxyl groups is 1. The van der Waals surface area contributed by atoms with Crippen LogP contribution in [0, 0.1) is 0 Å². The van der Waals surface area contributed by atoms with Crippen molar-refractivity contribution in [1.82, 2.24) is 0 Å². The highest BCUT2D eigenvalue weighted by Crippen LogP contribution is 1.97. The molecule has 0 amide bonds. The highest BCUT2D eigenvalue weighted by molar-refractivity contribution is 7.81. The molecule has 0 bridgehead atoms. The van der Waals surface area contributed by atoms with E-state index in [0.29, 0.717) is 6.61 Å². The fourth-order valence-corrected chi connectivity index (χ4v) is 0.453. The van der Waals surface area contributed by atoms with Crippen molar-refractivity contribution in [3.63, 3.8) is 0 Å². The lowest BCUT2D eigenvalue weighted by molar-refractivity contribution is -0.111. The summed E-state index contributed by atoms with van der Waals surface area (Å²) in [7, 11) is 1.57. The lowest BCUT2D eigenvalue weighted by Gasteiger charge is -2.12. The Morgan fingerprint density at radius 2 is 2.20 bits per heavy atom. The molecule has 62 valence electrons. The second kappa shape index (κ2) is 5.97. The molecule has 0 radical (unpaired) electrons. The summed E-state index contributed by atoms with van der Waals surface area (Å²) >= 11 is 4.01. The third kappa shape index (κ3) is 5.05. The summed E-state index contributed by atoms with van der Waals surface area (Å²) in [6, 6.07) is 0. The van der Waals surface area contributed by atoms with Crippen molar-refractivity contribution < 1.29 is 14.6 Å². The van der Waals surface area contributed by atoms with E-state index >= 15 is 0 Å². The number of aliphatic hydroxyl groups excluding tert-OH is 1. The molecule has 0 saturated heterocycles. The van der Waals surface area contributed by atoms with Crippen LogP contribution in [0.15, 0.2) is 0 Å². The van der Waals surface area contributed by atoms with Crippen molar-refractivity contribution in [3.05, 3.63) is 0 Å². The van der Waals surface area contributed by atoms with Gasteiger partial charge in [0.2, 0.25) is 0 Å². The molecule has 1 N–H and O–H groups in total. The van der Waals surface area contributed by atoms with Gasteiger partial charge in [0.25, 0.3) is 0 Å². The van der Waals surface area contributed by atoms with E-state index in [-0.39, 0.29) is 18.1 Å². The normalized spacial score (nSPS) is 16.8. The first-order chi connectivity index (χ1) is 4.70. The minimum atomic E-state index is -0.221. The van der Waals surface area contributed by atoms with Crippen molar-refractivity contribution in [2.45, 2.75) is 18.5 Å². The zero-order chi connectivity index (χ0) is 7.98. The molecule has 0 saturated carbocycles. The summed E-state index contributed by atoms with van der Waals surface area (Å²) in [5.41, 5.74) is 0. The van der Waals surface area contributed by atoms with E-state index in [1.165, 1.54) is 0 Å². The Bertz CT molecular complexity index is 69.4. The minimum Gasteiger partial charge on any atom is -0.395 e. The average molecular weight is 166 g/mol. The molecule has 0 fully saturated rings. The van der Waals surface area contributed by atoms with Gasteiger partial charge in [-0.05, 0) is 6.92 Å². The minimum absolute atomic E-state index is 0.0273. The van der Waals surface area contributed by atoms with Crippen LogP contribution in [-0.2, 0) is 9.47 Å². The van der Waals surface area contributed by atoms with Gasteiger partial charge in [-0.25, -0.2) is 0 Å². The quantitative estimate of drug-likeness (QED) is 0.455. The van der Waals surface area contributed by atoms with Crippen molar-refractivity contribution in [3.8, 4) is 0 Å². The smallest absolute Gasteiger partial charge is 0.154 e. The number of methoxy groups -OCH3 is 1. The maximum Gasteiger partial charge on any atom is 0.154 e. The molecule has 0 aliphatic heterocycles. The molecule has 0 spiro atoms. The number of hydrogen-bond acceptors (Lipinski definition) is 4. The van der Waals surface area contributed by atoms with Crippen LogP contribution in [0.2, 0.25) is 0 Å². The molecule has 4 heteroatoms. The van der Waals surface area contributed by atoms with Crippen LogP contribution in [0.4, 0.5) is 0 Å². The van der Waals surface area contributed by atoms with E-state index in [9.17, 15) is 0 Å². The summed E-state index contributed by atoms with van der Waals surface area (Å²) in [6.45, 7) is 2.23. The first-order valence-corrected chi connectivity index (χ1v) is 3.65.